The summed E-state index contributed by atoms with van der Waals surface area (Å²) in [5.41, 5.74) is 7.35. The molecule has 0 radical (unpaired) electrons. The Morgan fingerprint density at radius 2 is 2.25 bits per heavy atom. The fourth-order valence-electron chi connectivity index (χ4n) is 1.40. The van der Waals surface area contributed by atoms with Crippen LogP contribution in [-0.4, -0.2) is 6.04 Å². The highest BCUT2D eigenvalue weighted by atomic mass is 32.1. The minimum atomic E-state index is 0.333. The SMILES string of the molecule is CC(C)CC(N)Cc1ccsc1. The first-order valence-electron chi connectivity index (χ1n) is 4.45. The van der Waals surface area contributed by atoms with Crippen molar-refractivity contribution in [2.24, 2.45) is 11.7 Å². The number of thiophene rings is 1. The predicted molar refractivity (Wildman–Crippen MR) is 55.5 cm³/mol. The fourth-order valence-corrected chi connectivity index (χ4v) is 2.08. The maximum absolute atomic E-state index is 5.97. The summed E-state index contributed by atoms with van der Waals surface area (Å²) in [5.74, 6) is 0.707. The summed E-state index contributed by atoms with van der Waals surface area (Å²) in [5, 5.41) is 4.29. The predicted octanol–water partition coefficient (Wildman–Crippen LogP) is 2.66. The summed E-state index contributed by atoms with van der Waals surface area (Å²) in [4.78, 5) is 0. The number of rotatable bonds is 4. The number of hydrogen-bond acceptors (Lipinski definition) is 2. The summed E-state index contributed by atoms with van der Waals surface area (Å²) >= 11 is 1.74. The van der Waals surface area contributed by atoms with Crippen LogP contribution in [0.3, 0.4) is 0 Å². The van der Waals surface area contributed by atoms with Crippen LogP contribution in [-0.2, 0) is 6.42 Å². The quantitative estimate of drug-likeness (QED) is 0.763. The Morgan fingerprint density at radius 1 is 1.50 bits per heavy atom. The lowest BCUT2D eigenvalue weighted by molar-refractivity contribution is 0.494. The van der Waals surface area contributed by atoms with Gasteiger partial charge in [0.15, 0.2) is 0 Å². The molecule has 0 bridgehead atoms. The molecule has 0 aliphatic rings. The van der Waals surface area contributed by atoms with Crippen molar-refractivity contribution in [2.45, 2.75) is 32.7 Å². The van der Waals surface area contributed by atoms with Crippen LogP contribution in [0.1, 0.15) is 25.8 Å². The van der Waals surface area contributed by atoms with E-state index >= 15 is 0 Å². The Labute approximate surface area is 78.6 Å². The van der Waals surface area contributed by atoms with Gasteiger partial charge in [-0.2, -0.15) is 11.3 Å². The molecule has 12 heavy (non-hydrogen) atoms. The van der Waals surface area contributed by atoms with E-state index in [0.29, 0.717) is 12.0 Å². The van der Waals surface area contributed by atoms with Crippen molar-refractivity contribution in [3.63, 3.8) is 0 Å². The Morgan fingerprint density at radius 3 is 2.75 bits per heavy atom. The second kappa shape index (κ2) is 4.63. The van der Waals surface area contributed by atoms with Gasteiger partial charge < -0.3 is 5.73 Å². The highest BCUT2D eigenvalue weighted by molar-refractivity contribution is 7.07. The van der Waals surface area contributed by atoms with Crippen molar-refractivity contribution < 1.29 is 0 Å². The normalized spacial score (nSPS) is 13.7. The second-order valence-electron chi connectivity index (χ2n) is 3.73. The molecule has 1 heterocycles. The lowest BCUT2D eigenvalue weighted by atomic mass is 10.00. The second-order valence-corrected chi connectivity index (χ2v) is 4.51. The first-order valence-corrected chi connectivity index (χ1v) is 5.39. The molecule has 1 rings (SSSR count). The van der Waals surface area contributed by atoms with Crippen LogP contribution in [0.4, 0.5) is 0 Å². The summed E-state index contributed by atoms with van der Waals surface area (Å²) in [6.07, 6.45) is 2.15. The Balaban J connectivity index is 2.32. The molecule has 0 aliphatic heterocycles. The third-order valence-corrected chi connectivity index (χ3v) is 2.58. The molecule has 0 spiro atoms. The van der Waals surface area contributed by atoms with Crippen molar-refractivity contribution in [3.05, 3.63) is 22.4 Å². The third kappa shape index (κ3) is 3.37. The lowest BCUT2D eigenvalue weighted by Gasteiger charge is -2.12. The molecule has 0 aliphatic carbocycles. The van der Waals surface area contributed by atoms with E-state index in [1.807, 2.05) is 0 Å². The largest absolute Gasteiger partial charge is 0.327 e. The molecular formula is C10H17NS. The van der Waals surface area contributed by atoms with E-state index in [1.54, 1.807) is 11.3 Å². The van der Waals surface area contributed by atoms with Gasteiger partial charge in [0.05, 0.1) is 0 Å². The van der Waals surface area contributed by atoms with E-state index < -0.39 is 0 Å². The van der Waals surface area contributed by atoms with Gasteiger partial charge in [0.1, 0.15) is 0 Å². The smallest absolute Gasteiger partial charge is 0.00820 e. The van der Waals surface area contributed by atoms with Gasteiger partial charge in [0.25, 0.3) is 0 Å². The Bertz CT molecular complexity index is 204. The van der Waals surface area contributed by atoms with Crippen molar-refractivity contribution in [2.75, 3.05) is 0 Å². The number of hydrogen-bond donors (Lipinski definition) is 1. The molecule has 0 saturated heterocycles. The van der Waals surface area contributed by atoms with Crippen molar-refractivity contribution in [1.82, 2.24) is 0 Å². The van der Waals surface area contributed by atoms with Gasteiger partial charge in [-0.3, -0.25) is 0 Å². The highest BCUT2D eigenvalue weighted by Gasteiger charge is 2.06. The monoisotopic (exact) mass is 183 g/mol. The zero-order valence-corrected chi connectivity index (χ0v) is 8.60. The summed E-state index contributed by atoms with van der Waals surface area (Å²) < 4.78 is 0. The van der Waals surface area contributed by atoms with Gasteiger partial charge >= 0.3 is 0 Å². The Hall–Kier alpha value is -0.340. The molecule has 0 fully saturated rings. The minimum absolute atomic E-state index is 0.333. The van der Waals surface area contributed by atoms with Crippen LogP contribution in [0, 0.1) is 5.92 Å². The van der Waals surface area contributed by atoms with Crippen molar-refractivity contribution in [1.29, 1.82) is 0 Å². The minimum Gasteiger partial charge on any atom is -0.327 e. The van der Waals surface area contributed by atoms with Crippen LogP contribution >= 0.6 is 11.3 Å². The first-order chi connectivity index (χ1) is 5.68. The molecule has 1 aromatic heterocycles. The maximum atomic E-state index is 5.97. The highest BCUT2D eigenvalue weighted by Crippen LogP contribution is 2.11. The molecule has 1 atom stereocenters. The van der Waals surface area contributed by atoms with Gasteiger partial charge in [-0.05, 0) is 41.1 Å². The van der Waals surface area contributed by atoms with Gasteiger partial charge in [0.2, 0.25) is 0 Å². The third-order valence-electron chi connectivity index (χ3n) is 1.85. The molecule has 68 valence electrons. The molecule has 1 unspecified atom stereocenters. The Kier molecular flexibility index (Phi) is 3.76. The van der Waals surface area contributed by atoms with Crippen LogP contribution in [0.15, 0.2) is 16.8 Å². The van der Waals surface area contributed by atoms with E-state index in [-0.39, 0.29) is 0 Å². The average molecular weight is 183 g/mol. The average Bonchev–Trinajstić information content (AvgIpc) is 2.37. The summed E-state index contributed by atoms with van der Waals surface area (Å²) in [7, 11) is 0. The van der Waals surface area contributed by atoms with Crippen LogP contribution in [0.25, 0.3) is 0 Å². The van der Waals surface area contributed by atoms with Gasteiger partial charge in [-0.1, -0.05) is 13.8 Å². The molecular weight excluding hydrogens is 166 g/mol. The van der Waals surface area contributed by atoms with E-state index in [9.17, 15) is 0 Å². The molecule has 0 amide bonds. The van der Waals surface area contributed by atoms with Crippen LogP contribution < -0.4 is 5.73 Å². The topological polar surface area (TPSA) is 26.0 Å². The van der Waals surface area contributed by atoms with Crippen molar-refractivity contribution >= 4 is 11.3 Å². The fraction of sp³-hybridized carbons (Fsp3) is 0.600. The van der Waals surface area contributed by atoms with Crippen molar-refractivity contribution in [3.8, 4) is 0 Å². The summed E-state index contributed by atoms with van der Waals surface area (Å²) in [6, 6.07) is 2.49. The van der Waals surface area contributed by atoms with Crippen LogP contribution in [0.5, 0.6) is 0 Å². The van der Waals surface area contributed by atoms with E-state index in [4.69, 9.17) is 5.73 Å². The van der Waals surface area contributed by atoms with Gasteiger partial charge in [-0.25, -0.2) is 0 Å². The maximum Gasteiger partial charge on any atom is 0.00820 e. The van der Waals surface area contributed by atoms with Gasteiger partial charge in [0, 0.05) is 6.04 Å². The van der Waals surface area contributed by atoms with E-state index in [2.05, 4.69) is 30.7 Å². The molecule has 0 aromatic carbocycles. The zero-order chi connectivity index (χ0) is 8.97. The van der Waals surface area contributed by atoms with E-state index in [1.165, 1.54) is 5.56 Å². The molecule has 1 aromatic rings. The molecule has 2 heteroatoms. The van der Waals surface area contributed by atoms with E-state index in [0.717, 1.165) is 12.8 Å². The first kappa shape index (κ1) is 9.75. The molecule has 2 N–H and O–H groups in total. The lowest BCUT2D eigenvalue weighted by Crippen LogP contribution is -2.24. The molecule has 0 saturated carbocycles. The van der Waals surface area contributed by atoms with Crippen LogP contribution in [0.2, 0.25) is 0 Å². The number of nitrogens with two attached hydrogens (primary N) is 1. The summed E-state index contributed by atoms with van der Waals surface area (Å²) in [6.45, 7) is 4.43. The zero-order valence-electron chi connectivity index (χ0n) is 7.79. The standard InChI is InChI=1S/C10H17NS/c1-8(2)5-10(11)6-9-3-4-12-7-9/h3-4,7-8,10H,5-6,11H2,1-2H3. The van der Waals surface area contributed by atoms with Gasteiger partial charge in [-0.15, -0.1) is 0 Å². The molecule has 1 nitrogen and oxygen atoms in total.